The Hall–Kier alpha value is -4.16. The van der Waals surface area contributed by atoms with Crippen molar-refractivity contribution < 1.29 is 17.9 Å². The van der Waals surface area contributed by atoms with Crippen LogP contribution in [0, 0.1) is 32.1 Å². The third-order valence-corrected chi connectivity index (χ3v) is 5.99. The molecule has 2 aromatic heterocycles. The highest BCUT2D eigenvalue weighted by atomic mass is 35.5. The van der Waals surface area contributed by atoms with Crippen LogP contribution in [0.3, 0.4) is 0 Å². The van der Waals surface area contributed by atoms with Crippen molar-refractivity contribution in [2.45, 2.75) is 33.5 Å². The summed E-state index contributed by atoms with van der Waals surface area (Å²) in [6, 6.07) is 12.6. The zero-order valence-corrected chi connectivity index (χ0v) is 20.8. The summed E-state index contributed by atoms with van der Waals surface area (Å²) in [7, 11) is 0. The van der Waals surface area contributed by atoms with Crippen molar-refractivity contribution in [2.24, 2.45) is 0 Å². The molecule has 0 aliphatic rings. The smallest absolute Gasteiger partial charge is 0.417 e. The molecule has 188 valence electrons. The molecule has 0 radical (unpaired) electrons. The highest BCUT2D eigenvalue weighted by Crippen LogP contribution is 2.35. The van der Waals surface area contributed by atoms with E-state index >= 15 is 0 Å². The van der Waals surface area contributed by atoms with Gasteiger partial charge in [0.05, 0.1) is 30.2 Å². The van der Waals surface area contributed by atoms with E-state index in [4.69, 9.17) is 16.3 Å². The predicted octanol–water partition coefficient (Wildman–Crippen LogP) is 6.62. The summed E-state index contributed by atoms with van der Waals surface area (Å²) in [5.74, 6) is 0.529. The SMILES string of the molecule is Cc1ccc(Cn2c(-c3ccc(Oc4cncc(Cl)n4)c(C)c3)cc(C(F)(F)F)c(C#N)c2=O)c(C)c1. The van der Waals surface area contributed by atoms with Crippen LogP contribution in [-0.4, -0.2) is 14.5 Å². The summed E-state index contributed by atoms with van der Waals surface area (Å²) < 4.78 is 48.5. The Morgan fingerprint density at radius 1 is 1.05 bits per heavy atom. The van der Waals surface area contributed by atoms with Gasteiger partial charge in [0.2, 0.25) is 5.88 Å². The fourth-order valence-corrected chi connectivity index (χ4v) is 4.12. The van der Waals surface area contributed by atoms with E-state index in [0.29, 0.717) is 16.9 Å². The molecule has 0 amide bonds. The van der Waals surface area contributed by atoms with E-state index < -0.39 is 22.9 Å². The van der Waals surface area contributed by atoms with Gasteiger partial charge in [-0.25, -0.2) is 0 Å². The fourth-order valence-electron chi connectivity index (χ4n) is 3.98. The monoisotopic (exact) mass is 524 g/mol. The van der Waals surface area contributed by atoms with E-state index in [1.165, 1.54) is 23.0 Å². The zero-order valence-electron chi connectivity index (χ0n) is 20.0. The molecule has 0 unspecified atom stereocenters. The molecule has 0 saturated carbocycles. The van der Waals surface area contributed by atoms with Gasteiger partial charge in [0.1, 0.15) is 17.4 Å². The fraction of sp³-hybridized carbons (Fsp3) is 0.185. The lowest BCUT2D eigenvalue weighted by Crippen LogP contribution is -2.29. The molecule has 4 rings (SSSR count). The number of hydrogen-bond acceptors (Lipinski definition) is 5. The minimum Gasteiger partial charge on any atom is -0.437 e. The average Bonchev–Trinajstić information content (AvgIpc) is 2.82. The quantitative estimate of drug-likeness (QED) is 0.293. The Bertz CT molecular complexity index is 1610. The van der Waals surface area contributed by atoms with Crippen molar-refractivity contribution in [1.82, 2.24) is 14.5 Å². The minimum absolute atomic E-state index is 0.0114. The lowest BCUT2D eigenvalue weighted by atomic mass is 10.0. The first-order valence-corrected chi connectivity index (χ1v) is 11.4. The van der Waals surface area contributed by atoms with Crippen molar-refractivity contribution >= 4 is 11.6 Å². The number of nitrogens with zero attached hydrogens (tertiary/aromatic N) is 4. The second-order valence-corrected chi connectivity index (χ2v) is 8.90. The van der Waals surface area contributed by atoms with Crippen LogP contribution >= 0.6 is 11.6 Å². The number of rotatable bonds is 5. The molecule has 0 aliphatic heterocycles. The van der Waals surface area contributed by atoms with E-state index in [9.17, 15) is 23.2 Å². The Balaban J connectivity index is 1.88. The molecule has 6 nitrogen and oxygen atoms in total. The summed E-state index contributed by atoms with van der Waals surface area (Å²) in [5, 5.41) is 9.58. The molecule has 0 bridgehead atoms. The van der Waals surface area contributed by atoms with Crippen LogP contribution in [0.4, 0.5) is 13.2 Å². The Kier molecular flexibility index (Phi) is 7.05. The van der Waals surface area contributed by atoms with Gasteiger partial charge in [-0.3, -0.25) is 9.78 Å². The summed E-state index contributed by atoms with van der Waals surface area (Å²) in [6.45, 7) is 5.47. The van der Waals surface area contributed by atoms with Gasteiger partial charge >= 0.3 is 6.18 Å². The van der Waals surface area contributed by atoms with Crippen molar-refractivity contribution in [3.05, 3.63) is 104 Å². The first-order chi connectivity index (χ1) is 17.5. The number of nitriles is 1. The van der Waals surface area contributed by atoms with Gasteiger partial charge < -0.3 is 9.30 Å². The number of alkyl halides is 3. The first-order valence-electron chi connectivity index (χ1n) is 11.1. The van der Waals surface area contributed by atoms with Crippen molar-refractivity contribution in [2.75, 3.05) is 0 Å². The first kappa shape index (κ1) is 25.9. The summed E-state index contributed by atoms with van der Waals surface area (Å²) in [5.41, 5.74) is 0.327. The van der Waals surface area contributed by atoms with Gasteiger partial charge in [0.25, 0.3) is 5.56 Å². The molecule has 0 spiro atoms. The Labute approximate surface area is 215 Å². The minimum atomic E-state index is -4.89. The zero-order chi connectivity index (χ0) is 26.9. The highest BCUT2D eigenvalue weighted by Gasteiger charge is 2.36. The second-order valence-electron chi connectivity index (χ2n) is 8.51. The number of pyridine rings is 1. The molecule has 37 heavy (non-hydrogen) atoms. The molecule has 2 aromatic carbocycles. The summed E-state index contributed by atoms with van der Waals surface area (Å²) in [4.78, 5) is 21.2. The maximum absolute atomic E-state index is 13.9. The van der Waals surface area contributed by atoms with E-state index in [2.05, 4.69) is 9.97 Å². The molecule has 0 N–H and O–H groups in total. The summed E-state index contributed by atoms with van der Waals surface area (Å²) in [6.07, 6.45) is -2.17. The number of aromatic nitrogens is 3. The standard InChI is InChI=1S/C27H20ClF3N4O2/c1-15-4-5-19(16(2)8-15)14-35-22(10-21(27(29,30)31)20(11-32)26(35)36)18-6-7-23(17(3)9-18)37-25-13-33-12-24(28)34-25/h4-10,12-13H,14H2,1-3H3. The van der Waals surface area contributed by atoms with E-state index in [-0.39, 0.29) is 23.3 Å². The molecule has 4 aromatic rings. The van der Waals surface area contributed by atoms with Crippen LogP contribution in [0.1, 0.15) is 33.4 Å². The third kappa shape index (κ3) is 5.49. The largest absolute Gasteiger partial charge is 0.437 e. The maximum atomic E-state index is 13.9. The number of halogens is 4. The van der Waals surface area contributed by atoms with Gasteiger partial charge in [-0.05, 0) is 67.3 Å². The molecule has 0 fully saturated rings. The van der Waals surface area contributed by atoms with Crippen molar-refractivity contribution in [1.29, 1.82) is 5.26 Å². The van der Waals surface area contributed by atoms with Crippen LogP contribution in [-0.2, 0) is 12.7 Å². The topological polar surface area (TPSA) is 80.8 Å². The third-order valence-electron chi connectivity index (χ3n) is 5.81. The average molecular weight is 525 g/mol. The number of aryl methyl sites for hydroxylation is 3. The lowest BCUT2D eigenvalue weighted by molar-refractivity contribution is -0.137. The lowest BCUT2D eigenvalue weighted by Gasteiger charge is -2.19. The van der Waals surface area contributed by atoms with Crippen LogP contribution < -0.4 is 10.3 Å². The Morgan fingerprint density at radius 2 is 1.81 bits per heavy atom. The highest BCUT2D eigenvalue weighted by molar-refractivity contribution is 6.29. The molecule has 0 atom stereocenters. The Morgan fingerprint density at radius 3 is 2.43 bits per heavy atom. The predicted molar refractivity (Wildman–Crippen MR) is 133 cm³/mol. The van der Waals surface area contributed by atoms with Crippen LogP contribution in [0.5, 0.6) is 11.6 Å². The van der Waals surface area contributed by atoms with E-state index in [1.807, 2.05) is 32.0 Å². The molecule has 10 heteroatoms. The normalized spacial score (nSPS) is 11.3. The van der Waals surface area contributed by atoms with Gasteiger partial charge in [0.15, 0.2) is 5.15 Å². The van der Waals surface area contributed by atoms with Crippen LogP contribution in [0.25, 0.3) is 11.3 Å². The van der Waals surface area contributed by atoms with Crippen molar-refractivity contribution in [3.63, 3.8) is 0 Å². The van der Waals surface area contributed by atoms with Crippen LogP contribution in [0.2, 0.25) is 5.15 Å². The summed E-state index contributed by atoms with van der Waals surface area (Å²) >= 11 is 5.85. The van der Waals surface area contributed by atoms with E-state index in [1.54, 1.807) is 25.1 Å². The second kappa shape index (κ2) is 10.1. The maximum Gasteiger partial charge on any atom is 0.417 e. The number of hydrogen-bond donors (Lipinski definition) is 0. The molecular weight excluding hydrogens is 505 g/mol. The molecular formula is C27H20ClF3N4O2. The van der Waals surface area contributed by atoms with Gasteiger partial charge in [0, 0.05) is 0 Å². The molecule has 2 heterocycles. The van der Waals surface area contributed by atoms with Gasteiger partial charge in [-0.15, -0.1) is 0 Å². The van der Waals surface area contributed by atoms with E-state index in [0.717, 1.165) is 22.8 Å². The van der Waals surface area contributed by atoms with Crippen molar-refractivity contribution in [3.8, 4) is 29.0 Å². The van der Waals surface area contributed by atoms with Gasteiger partial charge in [-0.1, -0.05) is 35.4 Å². The van der Waals surface area contributed by atoms with Crippen LogP contribution in [0.15, 0.2) is 59.7 Å². The molecule has 0 aliphatic carbocycles. The molecule has 0 saturated heterocycles. The number of ether oxygens (including phenoxy) is 1. The van der Waals surface area contributed by atoms with Gasteiger partial charge in [-0.2, -0.15) is 23.4 Å². The number of benzene rings is 2.